The lowest BCUT2D eigenvalue weighted by atomic mass is 10.2. The Hall–Kier alpha value is -2.43. The largest absolute Gasteiger partial charge is 0.366 e. The summed E-state index contributed by atoms with van der Waals surface area (Å²) in [6, 6.07) is 12.6. The van der Waals surface area contributed by atoms with Gasteiger partial charge in [-0.3, -0.25) is 0 Å². The van der Waals surface area contributed by atoms with Crippen LogP contribution in [0.4, 0.5) is 5.82 Å². The van der Waals surface area contributed by atoms with Gasteiger partial charge in [0.25, 0.3) is 0 Å². The van der Waals surface area contributed by atoms with Crippen molar-refractivity contribution >= 4 is 15.8 Å². The number of nitriles is 1. The molecule has 0 amide bonds. The van der Waals surface area contributed by atoms with Crippen molar-refractivity contribution in [2.75, 3.05) is 5.32 Å². The highest BCUT2D eigenvalue weighted by atomic mass is 32.2. The first-order valence-electron chi connectivity index (χ1n) is 7.71. The second-order valence-electron chi connectivity index (χ2n) is 5.87. The Bertz CT molecular complexity index is 882. The van der Waals surface area contributed by atoms with Gasteiger partial charge >= 0.3 is 0 Å². The second-order valence-corrected chi connectivity index (χ2v) is 7.58. The minimum absolute atomic E-state index is 0.0956. The Balaban J connectivity index is 1.65. The molecule has 1 aromatic heterocycles. The van der Waals surface area contributed by atoms with Crippen molar-refractivity contribution in [3.63, 3.8) is 0 Å². The Morgan fingerprint density at radius 1 is 1.21 bits per heavy atom. The van der Waals surface area contributed by atoms with Crippen molar-refractivity contribution in [1.29, 1.82) is 5.26 Å². The van der Waals surface area contributed by atoms with Gasteiger partial charge in [0.05, 0.1) is 4.90 Å². The summed E-state index contributed by atoms with van der Waals surface area (Å²) in [4.78, 5) is 4.50. The monoisotopic (exact) mass is 342 g/mol. The highest BCUT2D eigenvalue weighted by molar-refractivity contribution is 7.89. The van der Waals surface area contributed by atoms with E-state index in [0.29, 0.717) is 18.1 Å². The molecule has 1 fully saturated rings. The van der Waals surface area contributed by atoms with Crippen LogP contribution in [0.15, 0.2) is 41.3 Å². The summed E-state index contributed by atoms with van der Waals surface area (Å²) >= 11 is 0. The van der Waals surface area contributed by atoms with E-state index in [9.17, 15) is 8.42 Å². The molecule has 0 spiro atoms. The first-order chi connectivity index (χ1) is 11.5. The quantitative estimate of drug-likeness (QED) is 0.840. The maximum Gasteiger partial charge on any atom is 0.240 e. The van der Waals surface area contributed by atoms with Gasteiger partial charge < -0.3 is 5.32 Å². The standard InChI is InChI=1S/C17H18N4O2S/c1-12-2-9-17(20-16(12)10-18)19-11-13-3-7-15(8-4-13)24(22,23)21-14-5-6-14/h2-4,7-9,14,21H,5-6,11H2,1H3,(H,19,20). The highest BCUT2D eigenvalue weighted by Crippen LogP contribution is 2.22. The summed E-state index contributed by atoms with van der Waals surface area (Å²) in [5.41, 5.74) is 2.16. The van der Waals surface area contributed by atoms with Crippen molar-refractivity contribution in [3.05, 3.63) is 53.2 Å². The number of pyridine rings is 1. The summed E-state index contributed by atoms with van der Waals surface area (Å²) in [6.45, 7) is 2.33. The molecule has 0 radical (unpaired) electrons. The van der Waals surface area contributed by atoms with E-state index < -0.39 is 10.0 Å². The molecule has 1 heterocycles. The summed E-state index contributed by atoms with van der Waals surface area (Å²) < 4.78 is 26.9. The van der Waals surface area contributed by atoms with Crippen LogP contribution in [0.5, 0.6) is 0 Å². The molecule has 6 nitrogen and oxygen atoms in total. The third-order valence-corrected chi connectivity index (χ3v) is 5.35. The minimum Gasteiger partial charge on any atom is -0.366 e. The third-order valence-electron chi connectivity index (χ3n) is 3.81. The van der Waals surface area contributed by atoms with Gasteiger partial charge in [-0.25, -0.2) is 18.1 Å². The number of rotatable bonds is 6. The predicted molar refractivity (Wildman–Crippen MR) is 90.8 cm³/mol. The first kappa shape index (κ1) is 16.4. The molecular formula is C17H18N4O2S. The molecule has 24 heavy (non-hydrogen) atoms. The Kier molecular flexibility index (Phi) is 4.51. The molecule has 0 aliphatic heterocycles. The zero-order valence-corrected chi connectivity index (χ0v) is 14.1. The van der Waals surface area contributed by atoms with Gasteiger partial charge in [0.15, 0.2) is 0 Å². The fraction of sp³-hybridized carbons (Fsp3) is 0.294. The number of nitrogens with zero attached hydrogens (tertiary/aromatic N) is 2. The third kappa shape index (κ3) is 3.91. The zero-order valence-electron chi connectivity index (χ0n) is 13.3. The second kappa shape index (κ2) is 6.59. The summed E-state index contributed by atoms with van der Waals surface area (Å²) in [6.07, 6.45) is 1.82. The number of anilines is 1. The number of hydrogen-bond donors (Lipinski definition) is 2. The molecule has 1 aliphatic carbocycles. The van der Waals surface area contributed by atoms with Crippen LogP contribution >= 0.6 is 0 Å². The van der Waals surface area contributed by atoms with Crippen LogP contribution in [0.3, 0.4) is 0 Å². The van der Waals surface area contributed by atoms with Crippen LogP contribution in [-0.2, 0) is 16.6 Å². The van der Waals surface area contributed by atoms with Gasteiger partial charge in [-0.05, 0) is 49.1 Å². The molecule has 2 N–H and O–H groups in total. The summed E-state index contributed by atoms with van der Waals surface area (Å²) in [7, 11) is -3.41. The van der Waals surface area contributed by atoms with Crippen LogP contribution in [0, 0.1) is 18.3 Å². The average Bonchev–Trinajstić information content (AvgIpc) is 3.38. The molecule has 1 aliphatic rings. The number of benzene rings is 1. The number of aryl methyl sites for hydroxylation is 1. The number of nitrogens with one attached hydrogen (secondary N) is 2. The lowest BCUT2D eigenvalue weighted by Crippen LogP contribution is -2.25. The smallest absolute Gasteiger partial charge is 0.240 e. The van der Waals surface area contributed by atoms with Crippen molar-refractivity contribution in [3.8, 4) is 6.07 Å². The van der Waals surface area contributed by atoms with Gasteiger partial charge in [-0.15, -0.1) is 0 Å². The van der Waals surface area contributed by atoms with Crippen LogP contribution in [0.1, 0.15) is 29.7 Å². The van der Waals surface area contributed by atoms with Crippen LogP contribution in [0.25, 0.3) is 0 Å². The molecule has 0 atom stereocenters. The lowest BCUT2D eigenvalue weighted by Gasteiger charge is -2.09. The van der Waals surface area contributed by atoms with Gasteiger partial charge in [-0.2, -0.15) is 5.26 Å². The number of aromatic nitrogens is 1. The molecule has 2 aromatic rings. The van der Waals surface area contributed by atoms with Gasteiger partial charge in [0.1, 0.15) is 17.6 Å². The summed E-state index contributed by atoms with van der Waals surface area (Å²) in [5.74, 6) is 0.615. The molecule has 0 bridgehead atoms. The summed E-state index contributed by atoms with van der Waals surface area (Å²) in [5, 5.41) is 12.1. The first-order valence-corrected chi connectivity index (χ1v) is 9.19. The van der Waals surface area contributed by atoms with E-state index in [4.69, 9.17) is 5.26 Å². The molecular weight excluding hydrogens is 324 g/mol. The molecule has 0 unspecified atom stereocenters. The Labute approximate surface area is 141 Å². The highest BCUT2D eigenvalue weighted by Gasteiger charge is 2.27. The van der Waals surface area contributed by atoms with Gasteiger partial charge in [-0.1, -0.05) is 18.2 Å². The van der Waals surface area contributed by atoms with Crippen LogP contribution in [0.2, 0.25) is 0 Å². The van der Waals surface area contributed by atoms with Crippen molar-refractivity contribution < 1.29 is 8.42 Å². The Morgan fingerprint density at radius 3 is 2.54 bits per heavy atom. The average molecular weight is 342 g/mol. The van der Waals surface area contributed by atoms with Crippen molar-refractivity contribution in [1.82, 2.24) is 9.71 Å². The van der Waals surface area contributed by atoms with Crippen molar-refractivity contribution in [2.45, 2.75) is 37.2 Å². The number of sulfonamides is 1. The predicted octanol–water partition coefficient (Wildman–Crippen LogP) is 2.31. The van der Waals surface area contributed by atoms with E-state index >= 15 is 0 Å². The van der Waals surface area contributed by atoms with E-state index in [2.05, 4.69) is 21.1 Å². The van der Waals surface area contributed by atoms with Crippen LogP contribution in [-0.4, -0.2) is 19.4 Å². The normalized spacial score (nSPS) is 14.2. The fourth-order valence-electron chi connectivity index (χ4n) is 2.21. The van der Waals surface area contributed by atoms with E-state index in [1.165, 1.54) is 0 Å². The molecule has 3 rings (SSSR count). The molecule has 124 valence electrons. The van der Waals surface area contributed by atoms with Crippen LogP contribution < -0.4 is 10.0 Å². The Morgan fingerprint density at radius 2 is 1.92 bits per heavy atom. The minimum atomic E-state index is -3.41. The SMILES string of the molecule is Cc1ccc(NCc2ccc(S(=O)(=O)NC3CC3)cc2)nc1C#N. The maximum atomic E-state index is 12.1. The van der Waals surface area contributed by atoms with Gasteiger partial charge in [0, 0.05) is 12.6 Å². The van der Waals surface area contributed by atoms with Crippen molar-refractivity contribution in [2.24, 2.45) is 0 Å². The molecule has 1 aromatic carbocycles. The van der Waals surface area contributed by atoms with E-state index in [1.807, 2.05) is 19.1 Å². The van der Waals surface area contributed by atoms with E-state index in [1.54, 1.807) is 24.3 Å². The lowest BCUT2D eigenvalue weighted by molar-refractivity contribution is 0.581. The van der Waals surface area contributed by atoms with E-state index in [-0.39, 0.29) is 10.9 Å². The maximum absolute atomic E-state index is 12.1. The molecule has 0 saturated heterocycles. The topological polar surface area (TPSA) is 94.9 Å². The zero-order chi connectivity index (χ0) is 17.2. The van der Waals surface area contributed by atoms with Gasteiger partial charge in [0.2, 0.25) is 10.0 Å². The molecule has 1 saturated carbocycles. The fourth-order valence-corrected chi connectivity index (χ4v) is 3.51. The molecule has 7 heteroatoms. The number of hydrogen-bond acceptors (Lipinski definition) is 5. The van der Waals surface area contributed by atoms with E-state index in [0.717, 1.165) is 24.0 Å².